The summed E-state index contributed by atoms with van der Waals surface area (Å²) in [7, 11) is 0. The van der Waals surface area contributed by atoms with E-state index >= 15 is 0 Å². The molecule has 0 saturated heterocycles. The number of aliphatic carboxylic acids is 1. The van der Waals surface area contributed by atoms with Crippen molar-refractivity contribution in [2.45, 2.75) is 32.6 Å². The molecule has 0 amide bonds. The van der Waals surface area contributed by atoms with E-state index in [9.17, 15) is 10.1 Å². The molecule has 5 heteroatoms. The van der Waals surface area contributed by atoms with Gasteiger partial charge in [0.15, 0.2) is 0 Å². The van der Waals surface area contributed by atoms with Gasteiger partial charge in [0.25, 0.3) is 0 Å². The molecule has 1 aliphatic rings. The Kier molecular flexibility index (Phi) is 4.00. The van der Waals surface area contributed by atoms with Gasteiger partial charge in [-0.25, -0.2) is 4.98 Å². The maximum atomic E-state index is 10.9. The van der Waals surface area contributed by atoms with Gasteiger partial charge >= 0.3 is 5.97 Å². The number of likely N-dealkylation sites (N-methyl/N-ethyl adjacent to an activating group) is 1. The smallest absolute Gasteiger partial charge is 0.323 e. The Morgan fingerprint density at radius 1 is 1.53 bits per heavy atom. The van der Waals surface area contributed by atoms with Crippen molar-refractivity contribution in [2.75, 3.05) is 18.0 Å². The summed E-state index contributed by atoms with van der Waals surface area (Å²) in [5.74, 6) is -0.404. The Labute approximate surface area is 112 Å². The van der Waals surface area contributed by atoms with Gasteiger partial charge in [0.1, 0.15) is 18.4 Å². The molecule has 0 bridgehead atoms. The predicted octanol–water partition coefficient (Wildman–Crippen LogP) is 1.74. The predicted molar refractivity (Wildman–Crippen MR) is 71.1 cm³/mol. The van der Waals surface area contributed by atoms with E-state index in [2.05, 4.69) is 11.1 Å². The lowest BCUT2D eigenvalue weighted by Crippen LogP contribution is -2.31. The van der Waals surface area contributed by atoms with E-state index < -0.39 is 5.97 Å². The maximum Gasteiger partial charge on any atom is 0.323 e. The quantitative estimate of drug-likeness (QED) is 0.891. The molecule has 0 saturated carbocycles. The topological polar surface area (TPSA) is 77.2 Å². The number of hydrogen-bond acceptors (Lipinski definition) is 4. The summed E-state index contributed by atoms with van der Waals surface area (Å²) >= 11 is 0. The molecule has 0 fully saturated rings. The van der Waals surface area contributed by atoms with Crippen LogP contribution in [0.1, 0.15) is 36.6 Å². The van der Waals surface area contributed by atoms with Crippen molar-refractivity contribution in [2.24, 2.45) is 0 Å². The highest BCUT2D eigenvalue weighted by Gasteiger charge is 2.19. The van der Waals surface area contributed by atoms with E-state index in [-0.39, 0.29) is 6.54 Å². The number of aromatic nitrogens is 1. The molecule has 0 unspecified atom stereocenters. The SMILES string of the molecule is CCN(CC(=O)O)c1nc2c(cc1C#N)CCCC2. The highest BCUT2D eigenvalue weighted by Crippen LogP contribution is 2.26. The molecule has 1 aliphatic carbocycles. The molecule has 1 N–H and O–H groups in total. The largest absolute Gasteiger partial charge is 0.480 e. The van der Waals surface area contributed by atoms with Gasteiger partial charge in [-0.3, -0.25) is 4.79 Å². The van der Waals surface area contributed by atoms with Gasteiger partial charge in [-0.05, 0) is 44.2 Å². The number of anilines is 1. The lowest BCUT2D eigenvalue weighted by Gasteiger charge is -2.24. The second-order valence-corrected chi connectivity index (χ2v) is 4.69. The molecule has 1 aromatic heterocycles. The van der Waals surface area contributed by atoms with Crippen LogP contribution in [-0.2, 0) is 17.6 Å². The van der Waals surface area contributed by atoms with Crippen LogP contribution in [-0.4, -0.2) is 29.1 Å². The van der Waals surface area contributed by atoms with Gasteiger partial charge < -0.3 is 10.0 Å². The van der Waals surface area contributed by atoms with E-state index in [1.54, 1.807) is 4.90 Å². The Hall–Kier alpha value is -2.09. The number of carbonyl (C=O) groups is 1. The van der Waals surface area contributed by atoms with E-state index in [0.717, 1.165) is 36.9 Å². The Morgan fingerprint density at radius 3 is 2.89 bits per heavy atom. The van der Waals surface area contributed by atoms with Crippen molar-refractivity contribution in [3.05, 3.63) is 22.9 Å². The van der Waals surface area contributed by atoms with Gasteiger partial charge in [-0.1, -0.05) is 0 Å². The van der Waals surface area contributed by atoms with Crippen LogP contribution in [0.3, 0.4) is 0 Å². The Morgan fingerprint density at radius 2 is 2.26 bits per heavy atom. The third-order valence-corrected chi connectivity index (χ3v) is 3.41. The van der Waals surface area contributed by atoms with Crippen molar-refractivity contribution in [3.8, 4) is 6.07 Å². The fourth-order valence-corrected chi connectivity index (χ4v) is 2.45. The zero-order valence-electron chi connectivity index (χ0n) is 11.0. The monoisotopic (exact) mass is 259 g/mol. The van der Waals surface area contributed by atoms with Gasteiger partial charge in [-0.2, -0.15) is 5.26 Å². The molecule has 0 spiro atoms. The lowest BCUT2D eigenvalue weighted by atomic mass is 9.95. The highest BCUT2D eigenvalue weighted by atomic mass is 16.4. The van der Waals surface area contributed by atoms with Crippen molar-refractivity contribution in [1.29, 1.82) is 5.26 Å². The Bertz CT molecular complexity index is 534. The van der Waals surface area contributed by atoms with Crippen LogP contribution in [0.15, 0.2) is 6.07 Å². The van der Waals surface area contributed by atoms with Crippen LogP contribution in [0.2, 0.25) is 0 Å². The molecule has 100 valence electrons. The molecule has 0 aromatic carbocycles. The van der Waals surface area contributed by atoms with Crippen LogP contribution in [0.4, 0.5) is 5.82 Å². The number of fused-ring (bicyclic) bond motifs is 1. The molecular formula is C14H17N3O2. The maximum absolute atomic E-state index is 10.9. The van der Waals surface area contributed by atoms with Crippen LogP contribution in [0, 0.1) is 11.3 Å². The summed E-state index contributed by atoms with van der Waals surface area (Å²) in [4.78, 5) is 17.1. The number of nitrogens with zero attached hydrogens (tertiary/aromatic N) is 3. The van der Waals surface area contributed by atoms with E-state index in [0.29, 0.717) is 17.9 Å². The summed E-state index contributed by atoms with van der Waals surface area (Å²) < 4.78 is 0. The molecular weight excluding hydrogens is 242 g/mol. The molecule has 1 heterocycles. The first-order valence-corrected chi connectivity index (χ1v) is 6.55. The van der Waals surface area contributed by atoms with Crippen molar-refractivity contribution in [3.63, 3.8) is 0 Å². The van der Waals surface area contributed by atoms with Crippen LogP contribution in [0.25, 0.3) is 0 Å². The molecule has 2 rings (SSSR count). The first kappa shape index (κ1) is 13.3. The number of carboxylic acids is 1. The number of hydrogen-bond donors (Lipinski definition) is 1. The van der Waals surface area contributed by atoms with Crippen LogP contribution >= 0.6 is 0 Å². The molecule has 19 heavy (non-hydrogen) atoms. The second-order valence-electron chi connectivity index (χ2n) is 4.69. The minimum atomic E-state index is -0.912. The third kappa shape index (κ3) is 2.84. The number of carboxylic acid groups (broad SMARTS) is 1. The third-order valence-electron chi connectivity index (χ3n) is 3.41. The number of aryl methyl sites for hydroxylation is 2. The van der Waals surface area contributed by atoms with E-state index in [1.165, 1.54) is 0 Å². The van der Waals surface area contributed by atoms with E-state index in [1.807, 2.05) is 13.0 Å². The number of rotatable bonds is 4. The summed E-state index contributed by atoms with van der Waals surface area (Å²) in [5, 5.41) is 18.2. The summed E-state index contributed by atoms with van der Waals surface area (Å²) in [6, 6.07) is 4.01. The van der Waals surface area contributed by atoms with Crippen LogP contribution in [0.5, 0.6) is 0 Å². The zero-order chi connectivity index (χ0) is 13.8. The fourth-order valence-electron chi connectivity index (χ4n) is 2.45. The normalized spacial score (nSPS) is 13.5. The fraction of sp³-hybridized carbons (Fsp3) is 0.500. The van der Waals surface area contributed by atoms with Gasteiger partial charge in [0.2, 0.25) is 0 Å². The minimum Gasteiger partial charge on any atom is -0.480 e. The second kappa shape index (κ2) is 5.70. The number of nitriles is 1. The molecule has 1 aromatic rings. The number of pyridine rings is 1. The molecule has 0 atom stereocenters. The van der Waals surface area contributed by atoms with Gasteiger partial charge in [0, 0.05) is 12.2 Å². The summed E-state index contributed by atoms with van der Waals surface area (Å²) in [6.07, 6.45) is 4.11. The summed E-state index contributed by atoms with van der Waals surface area (Å²) in [5.41, 5.74) is 2.63. The minimum absolute atomic E-state index is 0.128. The molecule has 5 nitrogen and oxygen atoms in total. The zero-order valence-corrected chi connectivity index (χ0v) is 11.0. The van der Waals surface area contributed by atoms with Gasteiger partial charge in [-0.15, -0.1) is 0 Å². The van der Waals surface area contributed by atoms with E-state index in [4.69, 9.17) is 5.11 Å². The highest BCUT2D eigenvalue weighted by molar-refractivity contribution is 5.74. The first-order chi connectivity index (χ1) is 9.15. The van der Waals surface area contributed by atoms with Crippen molar-refractivity contribution < 1.29 is 9.90 Å². The van der Waals surface area contributed by atoms with Crippen LogP contribution < -0.4 is 4.90 Å². The lowest BCUT2D eigenvalue weighted by molar-refractivity contribution is -0.135. The average Bonchev–Trinajstić information content (AvgIpc) is 2.43. The van der Waals surface area contributed by atoms with Crippen molar-refractivity contribution in [1.82, 2.24) is 4.98 Å². The first-order valence-electron chi connectivity index (χ1n) is 6.55. The average molecular weight is 259 g/mol. The standard InChI is InChI=1S/C14H17N3O2/c1-2-17(9-13(18)19)14-11(8-15)7-10-5-3-4-6-12(10)16-14/h7H,2-6,9H2,1H3,(H,18,19). The molecule has 0 aliphatic heterocycles. The summed E-state index contributed by atoms with van der Waals surface area (Å²) in [6.45, 7) is 2.26. The van der Waals surface area contributed by atoms with Gasteiger partial charge in [0.05, 0.1) is 5.56 Å². The molecule has 0 radical (unpaired) electrons. The van der Waals surface area contributed by atoms with Crippen molar-refractivity contribution >= 4 is 11.8 Å². The Balaban J connectivity index is 2.43.